The van der Waals surface area contributed by atoms with Crippen molar-refractivity contribution >= 4 is 34.1 Å². The van der Waals surface area contributed by atoms with Crippen molar-refractivity contribution in [3.8, 4) is 0 Å². The number of allylic oxidation sites excluding steroid dienone is 3. The molecule has 4 unspecified atom stereocenters. The number of nitrogens with one attached hydrogen (secondary N) is 2. The Morgan fingerprint density at radius 3 is 2.70 bits per heavy atom. The molecule has 3 aromatic rings. The topological polar surface area (TPSA) is 71.5 Å². The molecule has 3 aliphatic rings. The van der Waals surface area contributed by atoms with E-state index in [1.807, 2.05) is 0 Å². The first-order valence-electron chi connectivity index (χ1n) is 12.4. The van der Waals surface area contributed by atoms with Crippen LogP contribution in [0.4, 0.5) is 32.0 Å². The molecule has 2 aromatic carbocycles. The van der Waals surface area contributed by atoms with Crippen LogP contribution in [0.15, 0.2) is 47.3 Å². The lowest BCUT2D eigenvalue weighted by Crippen LogP contribution is -2.36. The molecule has 1 aromatic heterocycles. The number of epoxide rings is 1. The summed E-state index contributed by atoms with van der Waals surface area (Å²) in [4.78, 5) is 13.3. The number of amides is 1. The van der Waals surface area contributed by atoms with E-state index in [1.54, 1.807) is 13.1 Å². The molecule has 1 saturated heterocycles. The zero-order chi connectivity index (χ0) is 28.5. The van der Waals surface area contributed by atoms with Gasteiger partial charge in [-0.15, -0.1) is 0 Å². The van der Waals surface area contributed by atoms with E-state index >= 15 is 0 Å². The van der Waals surface area contributed by atoms with Crippen LogP contribution < -0.4 is 10.6 Å². The molecule has 2 aliphatic heterocycles. The smallest absolute Gasteiger partial charge is 0.348 e. The van der Waals surface area contributed by atoms with Crippen LogP contribution in [0.3, 0.4) is 0 Å². The minimum Gasteiger partial charge on any atom is -0.348 e. The summed E-state index contributed by atoms with van der Waals surface area (Å²) in [5.41, 5.74) is 0.349. The standard InChI is InChI=1S/C27H21ClF6N4O2/c1-38-19(4-5-29)16-10-18(35-25(39)11-6-12(27(32,33)34)8-14(31)7-11)20-21(23(16)37-38)24-26(40-24)36-22(20)15-9-13(30)2-3-17(15)28/h2-3,6-8,10,15,22,24,26,36H,4-5,9H2,1H3,(H,35,39). The number of aromatic nitrogens is 2. The predicted octanol–water partition coefficient (Wildman–Crippen LogP) is 6.53. The molecule has 3 heterocycles. The third-order valence-corrected chi connectivity index (χ3v) is 7.83. The number of benzene rings is 2. The normalized spacial score (nSPS) is 23.8. The second kappa shape index (κ2) is 9.64. The van der Waals surface area contributed by atoms with Gasteiger partial charge in [-0.1, -0.05) is 11.6 Å². The number of anilines is 1. The molecule has 0 saturated carbocycles. The van der Waals surface area contributed by atoms with E-state index in [-0.39, 0.29) is 18.5 Å². The Hall–Kier alpha value is -3.35. The number of hydrogen-bond acceptors (Lipinski definition) is 4. The van der Waals surface area contributed by atoms with E-state index in [9.17, 15) is 31.1 Å². The van der Waals surface area contributed by atoms with E-state index in [4.69, 9.17) is 16.3 Å². The van der Waals surface area contributed by atoms with Crippen molar-refractivity contribution in [3.05, 3.63) is 81.0 Å². The van der Waals surface area contributed by atoms with Gasteiger partial charge in [0.2, 0.25) is 0 Å². The Morgan fingerprint density at radius 2 is 1.98 bits per heavy atom. The minimum absolute atomic E-state index is 0.0157. The highest BCUT2D eigenvalue weighted by Crippen LogP contribution is 2.54. The lowest BCUT2D eigenvalue weighted by molar-refractivity contribution is -0.137. The third-order valence-electron chi connectivity index (χ3n) is 7.42. The fourth-order valence-corrected chi connectivity index (χ4v) is 5.86. The van der Waals surface area contributed by atoms with Crippen LogP contribution in [0.1, 0.15) is 51.3 Å². The maximum absolute atomic E-state index is 14.4. The Morgan fingerprint density at radius 1 is 1.20 bits per heavy atom. The largest absolute Gasteiger partial charge is 0.416 e. The Bertz CT molecular complexity index is 1610. The fourth-order valence-electron chi connectivity index (χ4n) is 5.59. The molecule has 1 aliphatic carbocycles. The molecule has 0 radical (unpaired) electrons. The summed E-state index contributed by atoms with van der Waals surface area (Å²) in [6.07, 6.45) is -3.15. The Kier molecular flexibility index (Phi) is 6.47. The molecule has 210 valence electrons. The van der Waals surface area contributed by atoms with Gasteiger partial charge in [-0.05, 0) is 36.4 Å². The summed E-state index contributed by atoms with van der Waals surface area (Å²) in [5, 5.41) is 11.3. The highest BCUT2D eigenvalue weighted by Gasteiger charge is 2.52. The zero-order valence-corrected chi connectivity index (χ0v) is 21.5. The van der Waals surface area contributed by atoms with Crippen LogP contribution in [0.5, 0.6) is 0 Å². The lowest BCUT2D eigenvalue weighted by atomic mass is 9.80. The number of rotatable bonds is 5. The molecule has 6 nitrogen and oxygen atoms in total. The number of ether oxygens (including phenoxy) is 1. The van der Waals surface area contributed by atoms with E-state index in [1.165, 1.54) is 16.8 Å². The number of aryl methyl sites for hydroxylation is 2. The average Bonchev–Trinajstić information content (AvgIpc) is 3.61. The van der Waals surface area contributed by atoms with E-state index in [0.717, 1.165) is 0 Å². The molecule has 4 atom stereocenters. The first-order chi connectivity index (χ1) is 19.0. The molecule has 40 heavy (non-hydrogen) atoms. The van der Waals surface area contributed by atoms with Crippen LogP contribution in [0, 0.1) is 11.7 Å². The molecule has 1 fully saturated rings. The monoisotopic (exact) mass is 582 g/mol. The first-order valence-corrected chi connectivity index (χ1v) is 12.7. The number of hydrogen-bond donors (Lipinski definition) is 2. The Balaban J connectivity index is 1.52. The maximum atomic E-state index is 14.4. The van der Waals surface area contributed by atoms with Gasteiger partial charge in [0.15, 0.2) is 0 Å². The number of carbonyl (C=O) groups is 1. The molecule has 1 amide bonds. The van der Waals surface area contributed by atoms with Crippen LogP contribution in [-0.2, 0) is 24.4 Å². The SMILES string of the molecule is Cn1nc2c3c(c(NC(=O)c4cc(F)cc(C(F)(F)F)c4)cc2c1CCF)C(C1CC(F)=CC=C1Cl)NC1OC31. The van der Waals surface area contributed by atoms with E-state index < -0.39 is 65.8 Å². The van der Waals surface area contributed by atoms with Gasteiger partial charge in [0.05, 0.1) is 17.8 Å². The second-order valence-corrected chi connectivity index (χ2v) is 10.4. The lowest BCUT2D eigenvalue weighted by Gasteiger charge is -2.34. The van der Waals surface area contributed by atoms with Crippen molar-refractivity contribution in [3.63, 3.8) is 0 Å². The van der Waals surface area contributed by atoms with E-state index in [0.29, 0.717) is 51.0 Å². The summed E-state index contributed by atoms with van der Waals surface area (Å²) < 4.78 is 89.2. The van der Waals surface area contributed by atoms with Crippen molar-refractivity contribution < 1.29 is 35.9 Å². The van der Waals surface area contributed by atoms with Gasteiger partial charge in [-0.3, -0.25) is 19.2 Å². The predicted molar refractivity (Wildman–Crippen MR) is 134 cm³/mol. The van der Waals surface area contributed by atoms with Gasteiger partial charge in [-0.25, -0.2) is 8.78 Å². The van der Waals surface area contributed by atoms with Crippen molar-refractivity contribution in [1.29, 1.82) is 0 Å². The first kappa shape index (κ1) is 26.9. The van der Waals surface area contributed by atoms with Gasteiger partial charge in [-0.2, -0.15) is 18.3 Å². The number of carbonyl (C=O) groups excluding carboxylic acids is 1. The van der Waals surface area contributed by atoms with Crippen LogP contribution in [0.25, 0.3) is 10.9 Å². The Labute approximate surface area is 228 Å². The zero-order valence-electron chi connectivity index (χ0n) is 20.8. The molecule has 13 heteroatoms. The molecule has 0 bridgehead atoms. The summed E-state index contributed by atoms with van der Waals surface area (Å²) >= 11 is 6.50. The van der Waals surface area contributed by atoms with Gasteiger partial charge in [0.1, 0.15) is 24.0 Å². The number of halogens is 7. The number of nitrogens with zero attached hydrogens (tertiary/aromatic N) is 2. The summed E-state index contributed by atoms with van der Waals surface area (Å²) in [7, 11) is 1.64. The average molecular weight is 583 g/mol. The summed E-state index contributed by atoms with van der Waals surface area (Å²) in [6.45, 7) is -0.683. The molecule has 6 rings (SSSR count). The molecule has 2 N–H and O–H groups in total. The highest BCUT2D eigenvalue weighted by atomic mass is 35.5. The fraction of sp³-hybridized carbons (Fsp3) is 0.333. The van der Waals surface area contributed by atoms with Crippen molar-refractivity contribution in [2.45, 2.75) is 37.4 Å². The van der Waals surface area contributed by atoms with Crippen molar-refractivity contribution in [2.75, 3.05) is 12.0 Å². The van der Waals surface area contributed by atoms with Crippen molar-refractivity contribution in [2.24, 2.45) is 13.0 Å². The number of alkyl halides is 4. The van der Waals surface area contributed by atoms with Crippen molar-refractivity contribution in [1.82, 2.24) is 15.1 Å². The molecular weight excluding hydrogens is 562 g/mol. The van der Waals surface area contributed by atoms with E-state index in [2.05, 4.69) is 15.7 Å². The third kappa shape index (κ3) is 4.57. The highest BCUT2D eigenvalue weighted by molar-refractivity contribution is 6.30. The van der Waals surface area contributed by atoms with Gasteiger partial charge >= 0.3 is 6.18 Å². The second-order valence-electron chi connectivity index (χ2n) is 9.93. The molecular formula is C27H21ClF6N4O2. The quantitative estimate of drug-likeness (QED) is 0.265. The summed E-state index contributed by atoms with van der Waals surface area (Å²) in [5.74, 6) is -3.25. The summed E-state index contributed by atoms with van der Waals surface area (Å²) in [6, 6.07) is 2.42. The van der Waals surface area contributed by atoms with Gasteiger partial charge in [0, 0.05) is 70.3 Å². The van der Waals surface area contributed by atoms with Crippen LogP contribution in [0.2, 0.25) is 0 Å². The van der Waals surface area contributed by atoms with Gasteiger partial charge in [0.25, 0.3) is 5.91 Å². The van der Waals surface area contributed by atoms with Gasteiger partial charge < -0.3 is 10.1 Å². The molecule has 0 spiro atoms. The minimum atomic E-state index is -4.87. The number of fused-ring (bicyclic) bond motifs is 5. The van der Waals surface area contributed by atoms with Crippen LogP contribution in [-0.4, -0.2) is 28.6 Å². The van der Waals surface area contributed by atoms with Crippen LogP contribution >= 0.6 is 11.6 Å². The maximum Gasteiger partial charge on any atom is 0.416 e.